The summed E-state index contributed by atoms with van der Waals surface area (Å²) in [6.45, 7) is 5.63. The Morgan fingerprint density at radius 3 is 2.44 bits per heavy atom. The van der Waals surface area contributed by atoms with Crippen LogP contribution in [0.5, 0.6) is 5.75 Å². The number of benzene rings is 2. The smallest absolute Gasteiger partial charge is 0.274 e. The van der Waals surface area contributed by atoms with E-state index in [9.17, 15) is 4.79 Å². The molecular formula is C21H22N4O2. The molecule has 1 amide bonds. The highest BCUT2D eigenvalue weighted by molar-refractivity contribution is 6.04. The molecule has 3 rings (SSSR count). The molecule has 6 heteroatoms. The Balaban J connectivity index is 1.81. The zero-order valence-electron chi connectivity index (χ0n) is 15.6. The molecule has 0 aliphatic carbocycles. The van der Waals surface area contributed by atoms with Crippen molar-refractivity contribution in [1.82, 2.24) is 9.97 Å². The van der Waals surface area contributed by atoms with Crippen molar-refractivity contribution in [1.29, 1.82) is 0 Å². The van der Waals surface area contributed by atoms with Crippen LogP contribution in [0, 0.1) is 6.92 Å². The summed E-state index contributed by atoms with van der Waals surface area (Å²) < 4.78 is 5.75. The number of hydrogen-bond acceptors (Lipinski definition) is 5. The second kappa shape index (κ2) is 8.31. The molecule has 1 heterocycles. The lowest BCUT2D eigenvalue weighted by Gasteiger charge is -2.15. The van der Waals surface area contributed by atoms with E-state index < -0.39 is 0 Å². The van der Waals surface area contributed by atoms with E-state index in [1.165, 1.54) is 0 Å². The first-order valence-corrected chi connectivity index (χ1v) is 8.76. The lowest BCUT2D eigenvalue weighted by atomic mass is 10.2. The molecule has 2 N–H and O–H groups in total. The molecule has 27 heavy (non-hydrogen) atoms. The number of amides is 1. The highest BCUT2D eigenvalue weighted by Gasteiger charge is 2.14. The number of nitrogens with one attached hydrogen (secondary N) is 2. The molecule has 1 aromatic heterocycles. The Bertz CT molecular complexity index is 926. The van der Waals surface area contributed by atoms with E-state index in [0.717, 1.165) is 5.69 Å². The minimum atomic E-state index is -0.323. The molecular weight excluding hydrogens is 340 g/mol. The van der Waals surface area contributed by atoms with Crippen LogP contribution >= 0.6 is 0 Å². The van der Waals surface area contributed by atoms with E-state index in [1.54, 1.807) is 19.1 Å². The van der Waals surface area contributed by atoms with Gasteiger partial charge in [-0.25, -0.2) is 9.97 Å². The summed E-state index contributed by atoms with van der Waals surface area (Å²) in [5, 5.41) is 6.05. The van der Waals surface area contributed by atoms with Crippen LogP contribution in [0.25, 0.3) is 0 Å². The maximum Gasteiger partial charge on any atom is 0.274 e. The van der Waals surface area contributed by atoms with Gasteiger partial charge in [0.25, 0.3) is 5.91 Å². The number of rotatable bonds is 6. The topological polar surface area (TPSA) is 76.1 Å². The Hall–Kier alpha value is -3.41. The maximum absolute atomic E-state index is 12.7. The van der Waals surface area contributed by atoms with Crippen LogP contribution in [-0.2, 0) is 0 Å². The van der Waals surface area contributed by atoms with Crippen LogP contribution in [0.2, 0.25) is 0 Å². The van der Waals surface area contributed by atoms with Crippen molar-refractivity contribution < 1.29 is 9.53 Å². The zero-order chi connectivity index (χ0) is 19.2. The monoisotopic (exact) mass is 362 g/mol. The molecule has 0 saturated carbocycles. The van der Waals surface area contributed by atoms with Gasteiger partial charge in [-0.1, -0.05) is 30.3 Å². The molecule has 6 nitrogen and oxygen atoms in total. The molecule has 0 aliphatic rings. The minimum absolute atomic E-state index is 0.00558. The molecule has 2 aromatic carbocycles. The van der Waals surface area contributed by atoms with E-state index >= 15 is 0 Å². The summed E-state index contributed by atoms with van der Waals surface area (Å²) in [5.74, 6) is 1.36. The molecule has 0 aliphatic heterocycles. The van der Waals surface area contributed by atoms with Crippen molar-refractivity contribution in [3.63, 3.8) is 0 Å². The van der Waals surface area contributed by atoms with Gasteiger partial charge < -0.3 is 15.4 Å². The lowest BCUT2D eigenvalue weighted by molar-refractivity contribution is 0.102. The number of ether oxygens (including phenoxy) is 1. The quantitative estimate of drug-likeness (QED) is 0.672. The van der Waals surface area contributed by atoms with E-state index in [1.807, 2.05) is 62.4 Å². The summed E-state index contributed by atoms with van der Waals surface area (Å²) in [4.78, 5) is 21.3. The molecule has 3 aromatic rings. The number of para-hydroxylation sites is 3. The number of aromatic nitrogens is 2. The summed E-state index contributed by atoms with van der Waals surface area (Å²) in [7, 11) is 0. The Labute approximate surface area is 158 Å². The molecule has 0 unspecified atom stereocenters. The second-order valence-electron chi connectivity index (χ2n) is 6.29. The highest BCUT2D eigenvalue weighted by atomic mass is 16.5. The van der Waals surface area contributed by atoms with Crippen LogP contribution in [0.4, 0.5) is 17.2 Å². The van der Waals surface area contributed by atoms with Crippen LogP contribution in [-0.4, -0.2) is 22.0 Å². The molecule has 0 radical (unpaired) electrons. The predicted octanol–water partition coefficient (Wildman–Crippen LogP) is 4.57. The zero-order valence-corrected chi connectivity index (χ0v) is 15.6. The number of carbonyl (C=O) groups excluding carboxylic acids is 1. The van der Waals surface area contributed by atoms with Crippen molar-refractivity contribution >= 4 is 23.1 Å². The number of aryl methyl sites for hydroxylation is 1. The van der Waals surface area contributed by atoms with Crippen LogP contribution in [0.1, 0.15) is 30.2 Å². The largest absolute Gasteiger partial charge is 0.489 e. The summed E-state index contributed by atoms with van der Waals surface area (Å²) in [5.41, 5.74) is 1.77. The van der Waals surface area contributed by atoms with Gasteiger partial charge in [0.05, 0.1) is 11.8 Å². The molecule has 0 fully saturated rings. The maximum atomic E-state index is 12.7. The normalized spacial score (nSPS) is 10.5. The number of carbonyl (C=O) groups is 1. The van der Waals surface area contributed by atoms with Crippen molar-refractivity contribution in [3.05, 3.63) is 72.2 Å². The van der Waals surface area contributed by atoms with Gasteiger partial charge in [0.2, 0.25) is 0 Å². The molecule has 138 valence electrons. The fraction of sp³-hybridized carbons (Fsp3) is 0.190. The van der Waals surface area contributed by atoms with Crippen LogP contribution in [0.15, 0.2) is 60.7 Å². The van der Waals surface area contributed by atoms with Crippen molar-refractivity contribution in [2.75, 3.05) is 10.6 Å². The molecule has 0 spiro atoms. The first-order valence-electron chi connectivity index (χ1n) is 8.76. The minimum Gasteiger partial charge on any atom is -0.489 e. The summed E-state index contributed by atoms with van der Waals surface area (Å²) in [6.07, 6.45) is 0.00558. The van der Waals surface area contributed by atoms with E-state index in [-0.39, 0.29) is 17.7 Å². The predicted molar refractivity (Wildman–Crippen MR) is 107 cm³/mol. The van der Waals surface area contributed by atoms with E-state index in [0.29, 0.717) is 23.1 Å². The fourth-order valence-corrected chi connectivity index (χ4v) is 2.53. The SMILES string of the molecule is Cc1nc(Nc2ccccc2)cc(C(=O)Nc2ccccc2OC(C)C)n1. The third-order valence-electron chi connectivity index (χ3n) is 3.61. The average Bonchev–Trinajstić information content (AvgIpc) is 2.63. The van der Waals surface area contributed by atoms with Gasteiger partial charge in [-0.05, 0) is 45.0 Å². The van der Waals surface area contributed by atoms with Gasteiger partial charge in [-0.15, -0.1) is 0 Å². The Morgan fingerprint density at radius 1 is 1.00 bits per heavy atom. The first-order chi connectivity index (χ1) is 13.0. The Kier molecular flexibility index (Phi) is 5.66. The van der Waals surface area contributed by atoms with E-state index in [2.05, 4.69) is 20.6 Å². The van der Waals surface area contributed by atoms with Crippen molar-refractivity contribution in [3.8, 4) is 5.75 Å². The third-order valence-corrected chi connectivity index (χ3v) is 3.61. The number of hydrogen-bond donors (Lipinski definition) is 2. The van der Waals surface area contributed by atoms with Gasteiger partial charge in [-0.3, -0.25) is 4.79 Å². The van der Waals surface area contributed by atoms with Gasteiger partial charge in [0, 0.05) is 11.8 Å². The van der Waals surface area contributed by atoms with Crippen LogP contribution < -0.4 is 15.4 Å². The van der Waals surface area contributed by atoms with E-state index in [4.69, 9.17) is 4.74 Å². The first kappa shape index (κ1) is 18.4. The number of anilines is 3. The van der Waals surface area contributed by atoms with Gasteiger partial charge in [-0.2, -0.15) is 0 Å². The standard InChI is InChI=1S/C21H22N4O2/c1-14(2)27-19-12-8-7-11-17(19)25-21(26)18-13-20(23-15(3)22-18)24-16-9-5-4-6-10-16/h4-14H,1-3H3,(H,25,26)(H,22,23,24). The number of nitrogens with zero attached hydrogens (tertiary/aromatic N) is 2. The second-order valence-corrected chi connectivity index (χ2v) is 6.29. The highest BCUT2D eigenvalue weighted by Crippen LogP contribution is 2.25. The molecule has 0 saturated heterocycles. The summed E-state index contributed by atoms with van der Waals surface area (Å²) >= 11 is 0. The van der Waals surface area contributed by atoms with Gasteiger partial charge in [0.15, 0.2) is 0 Å². The van der Waals surface area contributed by atoms with Gasteiger partial charge >= 0.3 is 0 Å². The van der Waals surface area contributed by atoms with Crippen molar-refractivity contribution in [2.45, 2.75) is 26.9 Å². The third kappa shape index (κ3) is 5.04. The van der Waals surface area contributed by atoms with Gasteiger partial charge in [0.1, 0.15) is 23.1 Å². The van der Waals surface area contributed by atoms with Crippen LogP contribution in [0.3, 0.4) is 0 Å². The average molecular weight is 362 g/mol. The fourth-order valence-electron chi connectivity index (χ4n) is 2.53. The molecule has 0 bridgehead atoms. The summed E-state index contributed by atoms with van der Waals surface area (Å²) in [6, 6.07) is 18.6. The molecule has 0 atom stereocenters. The lowest BCUT2D eigenvalue weighted by Crippen LogP contribution is -2.17. The van der Waals surface area contributed by atoms with Crippen molar-refractivity contribution in [2.24, 2.45) is 0 Å². The Morgan fingerprint density at radius 2 is 1.70 bits per heavy atom.